The molecule has 0 saturated heterocycles. The minimum absolute atomic E-state index is 0.0490. The van der Waals surface area contributed by atoms with Crippen LogP contribution in [0.4, 0.5) is 0 Å². The molecule has 0 fully saturated rings. The minimum atomic E-state index is -0.152. The maximum atomic E-state index is 12.7. The highest BCUT2D eigenvalue weighted by atomic mass is 32.1. The van der Waals surface area contributed by atoms with Gasteiger partial charge in [-0.15, -0.1) is 11.3 Å². The van der Waals surface area contributed by atoms with Gasteiger partial charge in [0.1, 0.15) is 11.1 Å². The summed E-state index contributed by atoms with van der Waals surface area (Å²) in [7, 11) is 0. The van der Waals surface area contributed by atoms with E-state index in [1.54, 1.807) is 12.4 Å². The fraction of sp³-hybridized carbons (Fsp3) is 0.300. The number of hydrogen-bond acceptors (Lipinski definition) is 6. The minimum Gasteiger partial charge on any atom is -0.472 e. The van der Waals surface area contributed by atoms with Gasteiger partial charge >= 0.3 is 0 Å². The first-order valence-electron chi connectivity index (χ1n) is 8.88. The molecule has 4 rings (SSSR count). The molecule has 138 valence electrons. The van der Waals surface area contributed by atoms with Crippen LogP contribution in [0.5, 0.6) is 0 Å². The third-order valence-electron chi connectivity index (χ3n) is 4.39. The predicted molar refractivity (Wildman–Crippen MR) is 107 cm³/mol. The van der Waals surface area contributed by atoms with Crippen molar-refractivity contribution < 1.29 is 4.74 Å². The molecule has 1 aliphatic rings. The van der Waals surface area contributed by atoms with Gasteiger partial charge in [-0.3, -0.25) is 9.78 Å². The molecule has 7 heteroatoms. The van der Waals surface area contributed by atoms with Crippen LogP contribution in [-0.2, 0) is 4.74 Å². The second kappa shape index (κ2) is 7.08. The van der Waals surface area contributed by atoms with Crippen LogP contribution >= 0.6 is 11.3 Å². The molecule has 1 unspecified atom stereocenters. The van der Waals surface area contributed by atoms with E-state index in [4.69, 9.17) is 4.74 Å². The molecule has 1 aliphatic heterocycles. The zero-order valence-corrected chi connectivity index (χ0v) is 16.2. The molecule has 0 aromatic carbocycles. The van der Waals surface area contributed by atoms with Crippen molar-refractivity contribution in [1.82, 2.24) is 15.0 Å². The van der Waals surface area contributed by atoms with Crippen LogP contribution in [0.25, 0.3) is 21.8 Å². The van der Waals surface area contributed by atoms with Crippen LogP contribution < -0.4 is 5.56 Å². The van der Waals surface area contributed by atoms with Gasteiger partial charge in [0, 0.05) is 29.0 Å². The van der Waals surface area contributed by atoms with E-state index in [2.05, 4.69) is 19.9 Å². The Hall–Kier alpha value is -2.80. The lowest BCUT2D eigenvalue weighted by Gasteiger charge is -2.14. The second-order valence-electron chi connectivity index (χ2n) is 6.84. The molecule has 3 aromatic rings. The molecular formula is C20H20N4O2S. The maximum absolute atomic E-state index is 12.7. The molecule has 0 amide bonds. The van der Waals surface area contributed by atoms with E-state index in [0.717, 1.165) is 21.8 Å². The number of hydrogen-bond donors (Lipinski definition) is 1. The average Bonchev–Trinajstić information content (AvgIpc) is 3.31. The first kappa shape index (κ1) is 17.6. The van der Waals surface area contributed by atoms with Gasteiger partial charge < -0.3 is 9.72 Å². The Labute approximate surface area is 161 Å². The Morgan fingerprint density at radius 1 is 1.26 bits per heavy atom. The summed E-state index contributed by atoms with van der Waals surface area (Å²) >= 11 is 1.50. The number of rotatable bonds is 4. The molecule has 3 aromatic heterocycles. The Morgan fingerprint density at radius 3 is 2.70 bits per heavy atom. The predicted octanol–water partition coefficient (Wildman–Crippen LogP) is 3.85. The van der Waals surface area contributed by atoms with E-state index in [1.807, 2.05) is 44.4 Å². The largest absolute Gasteiger partial charge is 0.472 e. The molecule has 0 bridgehead atoms. The fourth-order valence-corrected chi connectivity index (χ4v) is 3.84. The number of H-pyrrole nitrogens is 1. The monoisotopic (exact) mass is 380 g/mol. The molecular weight excluding hydrogens is 360 g/mol. The summed E-state index contributed by atoms with van der Waals surface area (Å²) in [4.78, 5) is 28.9. The van der Waals surface area contributed by atoms with Crippen LogP contribution in [0.2, 0.25) is 0 Å². The van der Waals surface area contributed by atoms with Crippen LogP contribution in [0.1, 0.15) is 37.9 Å². The van der Waals surface area contributed by atoms with Gasteiger partial charge in [-0.2, -0.15) is 0 Å². The van der Waals surface area contributed by atoms with Crippen molar-refractivity contribution in [3.63, 3.8) is 0 Å². The standard InChI is InChI=1S/C20H20N4O2S/c1-11(2)17-15(19-22-9-12(3)26-19)8-14(18(25)24-17)16-10-27-20(23-16)13-4-6-21-7-5-13/h4-8,10-12H,9H2,1-3H3,(H,24,25). The van der Waals surface area contributed by atoms with Gasteiger partial charge in [-0.25, -0.2) is 9.98 Å². The normalized spacial score (nSPS) is 16.4. The van der Waals surface area contributed by atoms with Crippen LogP contribution in [0.3, 0.4) is 0 Å². The molecule has 1 N–H and O–H groups in total. The molecule has 6 nitrogen and oxygen atoms in total. The lowest BCUT2D eigenvalue weighted by Crippen LogP contribution is -2.19. The van der Waals surface area contributed by atoms with Gasteiger partial charge in [0.15, 0.2) is 0 Å². The summed E-state index contributed by atoms with van der Waals surface area (Å²) < 4.78 is 5.85. The van der Waals surface area contributed by atoms with E-state index < -0.39 is 0 Å². The maximum Gasteiger partial charge on any atom is 0.257 e. The summed E-state index contributed by atoms with van der Waals surface area (Å²) in [6.45, 7) is 6.69. The number of aromatic nitrogens is 3. The van der Waals surface area contributed by atoms with Gasteiger partial charge in [0.2, 0.25) is 5.90 Å². The lowest BCUT2D eigenvalue weighted by atomic mass is 10.0. The molecule has 0 saturated carbocycles. The third kappa shape index (κ3) is 3.42. The SMILES string of the molecule is CC1CN=C(c2cc(-c3csc(-c4ccncc4)n3)c(=O)[nH]c2C(C)C)O1. The van der Waals surface area contributed by atoms with Crippen LogP contribution in [0, 0.1) is 0 Å². The van der Waals surface area contributed by atoms with Gasteiger partial charge in [-0.05, 0) is 31.0 Å². The summed E-state index contributed by atoms with van der Waals surface area (Å²) in [5.41, 5.74) is 3.67. The Balaban J connectivity index is 1.80. The van der Waals surface area contributed by atoms with Crippen LogP contribution in [0.15, 0.2) is 45.8 Å². The fourth-order valence-electron chi connectivity index (χ4n) is 3.02. The van der Waals surface area contributed by atoms with E-state index in [-0.39, 0.29) is 17.6 Å². The zero-order valence-electron chi connectivity index (χ0n) is 15.4. The topological polar surface area (TPSA) is 80.2 Å². The smallest absolute Gasteiger partial charge is 0.257 e. The van der Waals surface area contributed by atoms with Crippen molar-refractivity contribution in [1.29, 1.82) is 0 Å². The summed E-state index contributed by atoms with van der Waals surface area (Å²) in [5, 5.41) is 2.75. The summed E-state index contributed by atoms with van der Waals surface area (Å²) in [6, 6.07) is 5.67. The molecule has 27 heavy (non-hydrogen) atoms. The van der Waals surface area contributed by atoms with Gasteiger partial charge in [0.25, 0.3) is 5.56 Å². The van der Waals surface area contributed by atoms with E-state index >= 15 is 0 Å². The number of nitrogens with zero attached hydrogens (tertiary/aromatic N) is 3. The van der Waals surface area contributed by atoms with E-state index in [1.165, 1.54) is 11.3 Å². The average molecular weight is 380 g/mol. The third-order valence-corrected chi connectivity index (χ3v) is 5.28. The number of thiazole rings is 1. The summed E-state index contributed by atoms with van der Waals surface area (Å²) in [6.07, 6.45) is 3.51. The van der Waals surface area contributed by atoms with Crippen molar-refractivity contribution in [2.24, 2.45) is 4.99 Å². The number of ether oxygens (including phenoxy) is 1. The Morgan fingerprint density at radius 2 is 2.04 bits per heavy atom. The molecule has 4 heterocycles. The van der Waals surface area contributed by atoms with Crippen molar-refractivity contribution in [3.8, 4) is 21.8 Å². The van der Waals surface area contributed by atoms with Crippen molar-refractivity contribution >= 4 is 17.2 Å². The van der Waals surface area contributed by atoms with Crippen molar-refractivity contribution in [2.45, 2.75) is 32.8 Å². The molecule has 0 radical (unpaired) electrons. The van der Waals surface area contributed by atoms with E-state index in [9.17, 15) is 4.79 Å². The Kier molecular flexibility index (Phi) is 4.61. The van der Waals surface area contributed by atoms with Crippen LogP contribution in [-0.4, -0.2) is 33.5 Å². The first-order chi connectivity index (χ1) is 13.0. The highest BCUT2D eigenvalue weighted by Crippen LogP contribution is 2.29. The van der Waals surface area contributed by atoms with E-state index in [0.29, 0.717) is 23.7 Å². The molecule has 0 aliphatic carbocycles. The number of aromatic amines is 1. The highest BCUT2D eigenvalue weighted by Gasteiger charge is 2.23. The lowest BCUT2D eigenvalue weighted by molar-refractivity contribution is 0.246. The quantitative estimate of drug-likeness (QED) is 0.745. The Bertz CT molecular complexity index is 1050. The number of aliphatic imine (C=N–C) groups is 1. The first-order valence-corrected chi connectivity index (χ1v) is 9.76. The van der Waals surface area contributed by atoms with Crippen molar-refractivity contribution in [2.75, 3.05) is 6.54 Å². The van der Waals surface area contributed by atoms with Crippen molar-refractivity contribution in [3.05, 3.63) is 57.6 Å². The highest BCUT2D eigenvalue weighted by molar-refractivity contribution is 7.13. The van der Waals surface area contributed by atoms with Gasteiger partial charge in [-0.1, -0.05) is 13.8 Å². The molecule has 1 atom stereocenters. The number of nitrogens with one attached hydrogen (secondary N) is 1. The van der Waals surface area contributed by atoms with Gasteiger partial charge in [0.05, 0.1) is 23.4 Å². The summed E-state index contributed by atoms with van der Waals surface area (Å²) in [5.74, 6) is 0.736. The molecule has 0 spiro atoms. The zero-order chi connectivity index (χ0) is 19.0. The second-order valence-corrected chi connectivity index (χ2v) is 7.70. The number of pyridine rings is 2.